The first-order valence-corrected chi connectivity index (χ1v) is 6.74. The van der Waals surface area contributed by atoms with Gasteiger partial charge in [0.2, 0.25) is 9.04 Å². The van der Waals surface area contributed by atoms with Crippen molar-refractivity contribution in [3.8, 4) is 0 Å². The summed E-state index contributed by atoms with van der Waals surface area (Å²) in [6.07, 6.45) is 0. The zero-order valence-corrected chi connectivity index (χ0v) is 9.88. The van der Waals surface area contributed by atoms with Crippen LogP contribution in [0.4, 0.5) is 0 Å². The number of aryl methyl sites for hydroxylation is 1. The largest absolute Gasteiger partial charge is 0.426 e. The zero-order chi connectivity index (χ0) is 10.7. The van der Waals surface area contributed by atoms with Crippen molar-refractivity contribution in [2.24, 2.45) is 0 Å². The molecule has 0 aliphatic heterocycles. The fourth-order valence-corrected chi connectivity index (χ4v) is 3.11. The highest BCUT2D eigenvalue weighted by Crippen LogP contribution is 1.95. The fraction of sp³-hybridized carbons (Fsp3) is 0.0769. The van der Waals surface area contributed by atoms with Crippen molar-refractivity contribution >= 4 is 19.4 Å². The maximum absolute atomic E-state index is 10.2. The van der Waals surface area contributed by atoms with E-state index in [-0.39, 0.29) is 0 Å². The average molecular weight is 214 g/mol. The molecule has 15 heavy (non-hydrogen) atoms. The molecule has 0 amide bonds. The summed E-state index contributed by atoms with van der Waals surface area (Å²) in [6.45, 7) is 2.06. The first-order valence-electron chi connectivity index (χ1n) is 5.07. The van der Waals surface area contributed by atoms with E-state index in [0.717, 1.165) is 10.4 Å². The maximum atomic E-state index is 10.2. The van der Waals surface area contributed by atoms with Crippen LogP contribution in [-0.4, -0.2) is 13.8 Å². The Balaban J connectivity index is 2.29. The Hall–Kier alpha value is -1.38. The third kappa shape index (κ3) is 2.35. The van der Waals surface area contributed by atoms with Gasteiger partial charge in [0.25, 0.3) is 0 Å². The molecular weight excluding hydrogens is 200 g/mol. The van der Waals surface area contributed by atoms with Crippen LogP contribution in [-0.2, 0) is 0 Å². The molecule has 0 fully saturated rings. The summed E-state index contributed by atoms with van der Waals surface area (Å²) in [5, 5.41) is 2.15. The molecule has 2 rings (SSSR count). The molecule has 1 atom stereocenters. The van der Waals surface area contributed by atoms with Crippen LogP contribution in [0, 0.1) is 6.92 Å². The van der Waals surface area contributed by atoms with Crippen LogP contribution < -0.4 is 10.4 Å². The summed E-state index contributed by atoms with van der Waals surface area (Å²) < 4.78 is 0. The highest BCUT2D eigenvalue weighted by Gasteiger charge is 2.11. The number of benzene rings is 2. The Bertz CT molecular complexity index is 422. The minimum Gasteiger partial charge on any atom is -0.426 e. The van der Waals surface area contributed by atoms with Gasteiger partial charge in [-0.15, -0.1) is 0 Å². The van der Waals surface area contributed by atoms with E-state index in [9.17, 15) is 4.80 Å². The molecule has 0 heterocycles. The van der Waals surface area contributed by atoms with Gasteiger partial charge in [-0.05, 0) is 17.3 Å². The average Bonchev–Trinajstić information content (AvgIpc) is 2.30. The van der Waals surface area contributed by atoms with Gasteiger partial charge in [-0.25, -0.2) is 0 Å². The first kappa shape index (κ1) is 10.1. The minimum atomic E-state index is -1.94. The SMILES string of the molecule is Cc1ccc([SiH](O)c2ccccc2)cc1. The minimum absolute atomic E-state index is 1.07. The Morgan fingerprint density at radius 2 is 1.33 bits per heavy atom. The topological polar surface area (TPSA) is 20.2 Å². The van der Waals surface area contributed by atoms with Gasteiger partial charge in [-0.3, -0.25) is 0 Å². The second-order valence-electron chi connectivity index (χ2n) is 3.72. The Morgan fingerprint density at radius 3 is 1.93 bits per heavy atom. The molecule has 0 spiro atoms. The summed E-state index contributed by atoms with van der Waals surface area (Å²) >= 11 is 0. The summed E-state index contributed by atoms with van der Waals surface area (Å²) in [6, 6.07) is 18.1. The summed E-state index contributed by atoms with van der Waals surface area (Å²) in [5.41, 5.74) is 1.23. The van der Waals surface area contributed by atoms with Gasteiger partial charge in [-0.2, -0.15) is 0 Å². The molecular formula is C13H14OSi. The van der Waals surface area contributed by atoms with Crippen molar-refractivity contribution in [2.45, 2.75) is 6.92 Å². The van der Waals surface area contributed by atoms with Crippen molar-refractivity contribution in [2.75, 3.05) is 0 Å². The van der Waals surface area contributed by atoms with Crippen molar-refractivity contribution in [3.63, 3.8) is 0 Å². The van der Waals surface area contributed by atoms with Crippen LogP contribution in [0.1, 0.15) is 5.56 Å². The third-order valence-corrected chi connectivity index (χ3v) is 4.54. The van der Waals surface area contributed by atoms with Crippen LogP contribution in [0.3, 0.4) is 0 Å². The molecule has 1 N–H and O–H groups in total. The Labute approximate surface area is 91.7 Å². The van der Waals surface area contributed by atoms with Gasteiger partial charge in [0, 0.05) is 0 Å². The number of hydrogen-bond acceptors (Lipinski definition) is 1. The lowest BCUT2D eigenvalue weighted by Gasteiger charge is -2.09. The van der Waals surface area contributed by atoms with E-state index in [1.165, 1.54) is 5.56 Å². The van der Waals surface area contributed by atoms with Gasteiger partial charge in [-0.1, -0.05) is 60.2 Å². The van der Waals surface area contributed by atoms with E-state index < -0.39 is 9.04 Å². The highest BCUT2D eigenvalue weighted by molar-refractivity contribution is 6.78. The van der Waals surface area contributed by atoms with E-state index in [1.807, 2.05) is 42.5 Å². The zero-order valence-electron chi connectivity index (χ0n) is 8.72. The van der Waals surface area contributed by atoms with Gasteiger partial charge in [0.05, 0.1) is 0 Å². The summed E-state index contributed by atoms with van der Waals surface area (Å²) in [7, 11) is -1.94. The van der Waals surface area contributed by atoms with Gasteiger partial charge < -0.3 is 4.80 Å². The molecule has 0 aliphatic rings. The lowest BCUT2D eigenvalue weighted by Crippen LogP contribution is -2.42. The molecule has 0 aromatic heterocycles. The van der Waals surface area contributed by atoms with E-state index in [0.29, 0.717) is 0 Å². The molecule has 2 aromatic carbocycles. The van der Waals surface area contributed by atoms with Gasteiger partial charge in [0.1, 0.15) is 0 Å². The molecule has 0 saturated heterocycles. The normalized spacial score (nSPS) is 12.4. The molecule has 0 aliphatic carbocycles. The molecule has 0 saturated carbocycles. The van der Waals surface area contributed by atoms with Crippen molar-refractivity contribution in [1.82, 2.24) is 0 Å². The van der Waals surface area contributed by atoms with Gasteiger partial charge in [0.15, 0.2) is 0 Å². The van der Waals surface area contributed by atoms with E-state index in [1.54, 1.807) is 0 Å². The van der Waals surface area contributed by atoms with E-state index in [4.69, 9.17) is 0 Å². The molecule has 1 nitrogen and oxygen atoms in total. The lowest BCUT2D eigenvalue weighted by atomic mass is 10.2. The van der Waals surface area contributed by atoms with Crippen molar-refractivity contribution < 1.29 is 4.80 Å². The molecule has 1 unspecified atom stereocenters. The predicted molar refractivity (Wildman–Crippen MR) is 66.3 cm³/mol. The van der Waals surface area contributed by atoms with E-state index in [2.05, 4.69) is 19.1 Å². The van der Waals surface area contributed by atoms with Crippen LogP contribution in [0.5, 0.6) is 0 Å². The summed E-state index contributed by atoms with van der Waals surface area (Å²) in [5.74, 6) is 0. The Kier molecular flexibility index (Phi) is 2.99. The van der Waals surface area contributed by atoms with Crippen molar-refractivity contribution in [3.05, 3.63) is 60.2 Å². The van der Waals surface area contributed by atoms with Gasteiger partial charge >= 0.3 is 0 Å². The maximum Gasteiger partial charge on any atom is 0.236 e. The highest BCUT2D eigenvalue weighted by atomic mass is 28.3. The lowest BCUT2D eigenvalue weighted by molar-refractivity contribution is 0.600. The molecule has 76 valence electrons. The predicted octanol–water partition coefficient (Wildman–Crippen LogP) is 0.825. The van der Waals surface area contributed by atoms with Crippen LogP contribution >= 0.6 is 0 Å². The standard InChI is InChI=1S/C13H14OSi/c1-11-7-9-13(10-8-11)15(14)12-5-3-2-4-6-12/h2-10,14-15H,1H3. The molecule has 0 bridgehead atoms. The fourth-order valence-electron chi connectivity index (χ4n) is 1.58. The van der Waals surface area contributed by atoms with Crippen LogP contribution in [0.15, 0.2) is 54.6 Å². The van der Waals surface area contributed by atoms with Crippen molar-refractivity contribution in [1.29, 1.82) is 0 Å². The second-order valence-corrected chi connectivity index (χ2v) is 5.86. The quantitative estimate of drug-likeness (QED) is 0.734. The molecule has 2 heteroatoms. The summed E-state index contributed by atoms with van der Waals surface area (Å²) in [4.78, 5) is 10.2. The number of rotatable bonds is 2. The monoisotopic (exact) mass is 214 g/mol. The number of hydrogen-bond donors (Lipinski definition) is 1. The van der Waals surface area contributed by atoms with Crippen LogP contribution in [0.25, 0.3) is 0 Å². The molecule has 0 radical (unpaired) electrons. The molecule has 2 aromatic rings. The smallest absolute Gasteiger partial charge is 0.236 e. The second kappa shape index (κ2) is 4.42. The Morgan fingerprint density at radius 1 is 0.800 bits per heavy atom. The first-order chi connectivity index (χ1) is 7.27. The third-order valence-electron chi connectivity index (χ3n) is 2.51. The van der Waals surface area contributed by atoms with E-state index >= 15 is 0 Å². The van der Waals surface area contributed by atoms with Crippen LogP contribution in [0.2, 0.25) is 0 Å².